The third-order valence-electron chi connectivity index (χ3n) is 3.88. The molecule has 0 aromatic heterocycles. The van der Waals surface area contributed by atoms with Gasteiger partial charge in [0.15, 0.2) is 0 Å². The molecule has 0 bridgehead atoms. The molecule has 0 atom stereocenters. The van der Waals surface area contributed by atoms with Gasteiger partial charge in [-0.25, -0.2) is 4.79 Å². The van der Waals surface area contributed by atoms with E-state index < -0.39 is 11.7 Å². The first-order valence-electron chi connectivity index (χ1n) is 10.0. The summed E-state index contributed by atoms with van der Waals surface area (Å²) >= 11 is 0. The molecule has 0 spiro atoms. The standard InChI is InChI=1S/C23H29N3O5/c1-5-30-19-11-9-17(10-12-19)21(28)24-14-16-7-6-8-18(13-16)26-20(27)15-25-22(29)31-23(2,3)4/h6-13H,5,14-15H2,1-4H3,(H,24,28)(H,25,29)(H,26,27). The van der Waals surface area contributed by atoms with Gasteiger partial charge < -0.3 is 25.4 Å². The van der Waals surface area contributed by atoms with Gasteiger partial charge in [-0.05, 0) is 69.7 Å². The molecule has 0 heterocycles. The minimum Gasteiger partial charge on any atom is -0.494 e. The van der Waals surface area contributed by atoms with Crippen LogP contribution in [0, 0.1) is 0 Å². The topological polar surface area (TPSA) is 106 Å². The second kappa shape index (κ2) is 11.0. The summed E-state index contributed by atoms with van der Waals surface area (Å²) in [6.45, 7) is 7.77. The van der Waals surface area contributed by atoms with Crippen LogP contribution < -0.4 is 20.7 Å². The van der Waals surface area contributed by atoms with Gasteiger partial charge in [0.1, 0.15) is 17.9 Å². The predicted octanol–water partition coefficient (Wildman–Crippen LogP) is 3.48. The Morgan fingerprint density at radius 3 is 2.32 bits per heavy atom. The second-order valence-electron chi connectivity index (χ2n) is 7.74. The van der Waals surface area contributed by atoms with Crippen molar-refractivity contribution in [1.82, 2.24) is 10.6 Å². The third-order valence-corrected chi connectivity index (χ3v) is 3.88. The van der Waals surface area contributed by atoms with Crippen molar-refractivity contribution in [2.24, 2.45) is 0 Å². The summed E-state index contributed by atoms with van der Waals surface area (Å²) in [7, 11) is 0. The highest BCUT2D eigenvalue weighted by molar-refractivity contribution is 5.95. The Morgan fingerprint density at radius 1 is 0.968 bits per heavy atom. The van der Waals surface area contributed by atoms with Crippen LogP contribution in [0.15, 0.2) is 48.5 Å². The van der Waals surface area contributed by atoms with Crippen LogP contribution in [0.2, 0.25) is 0 Å². The second-order valence-corrected chi connectivity index (χ2v) is 7.74. The van der Waals surface area contributed by atoms with Crippen LogP contribution >= 0.6 is 0 Å². The van der Waals surface area contributed by atoms with Gasteiger partial charge in [0, 0.05) is 17.8 Å². The maximum absolute atomic E-state index is 12.3. The molecule has 0 aliphatic carbocycles. The minimum absolute atomic E-state index is 0.209. The van der Waals surface area contributed by atoms with Crippen molar-refractivity contribution in [3.05, 3.63) is 59.7 Å². The van der Waals surface area contributed by atoms with Gasteiger partial charge in [-0.2, -0.15) is 0 Å². The van der Waals surface area contributed by atoms with Crippen molar-refractivity contribution in [2.45, 2.75) is 39.8 Å². The van der Waals surface area contributed by atoms with E-state index in [-0.39, 0.29) is 18.4 Å². The Bertz CT molecular complexity index is 904. The lowest BCUT2D eigenvalue weighted by Crippen LogP contribution is -2.37. The average molecular weight is 428 g/mol. The molecule has 3 amide bonds. The monoisotopic (exact) mass is 427 g/mol. The average Bonchev–Trinajstić information content (AvgIpc) is 2.70. The largest absolute Gasteiger partial charge is 0.494 e. The Balaban J connectivity index is 1.83. The molecule has 0 radical (unpaired) electrons. The lowest BCUT2D eigenvalue weighted by molar-refractivity contribution is -0.115. The minimum atomic E-state index is -0.659. The fourth-order valence-corrected chi connectivity index (χ4v) is 2.58. The predicted molar refractivity (Wildman–Crippen MR) is 118 cm³/mol. The summed E-state index contributed by atoms with van der Waals surface area (Å²) in [5, 5.41) is 7.95. The van der Waals surface area contributed by atoms with E-state index in [0.717, 1.165) is 5.56 Å². The number of amides is 3. The van der Waals surface area contributed by atoms with Gasteiger partial charge in [-0.1, -0.05) is 12.1 Å². The van der Waals surface area contributed by atoms with Gasteiger partial charge >= 0.3 is 6.09 Å². The highest BCUT2D eigenvalue weighted by Gasteiger charge is 2.16. The van der Waals surface area contributed by atoms with Gasteiger partial charge in [-0.15, -0.1) is 0 Å². The number of alkyl carbamates (subject to hydrolysis) is 1. The number of hydrogen-bond donors (Lipinski definition) is 3. The van der Waals surface area contributed by atoms with Gasteiger partial charge in [-0.3, -0.25) is 9.59 Å². The zero-order valence-corrected chi connectivity index (χ0v) is 18.3. The van der Waals surface area contributed by atoms with Crippen molar-refractivity contribution < 1.29 is 23.9 Å². The molecule has 166 valence electrons. The van der Waals surface area contributed by atoms with Crippen molar-refractivity contribution in [3.8, 4) is 5.75 Å². The number of carbonyl (C=O) groups is 3. The molecule has 0 aliphatic heterocycles. The van der Waals surface area contributed by atoms with E-state index >= 15 is 0 Å². The number of nitrogens with one attached hydrogen (secondary N) is 3. The molecule has 2 rings (SSSR count). The van der Waals surface area contributed by atoms with Crippen molar-refractivity contribution in [2.75, 3.05) is 18.5 Å². The third kappa shape index (κ3) is 8.77. The van der Waals surface area contributed by atoms with E-state index in [2.05, 4.69) is 16.0 Å². The first kappa shape index (κ1) is 23.7. The molecule has 2 aromatic rings. The molecule has 0 saturated heterocycles. The Hall–Kier alpha value is -3.55. The van der Waals surface area contributed by atoms with Crippen LogP contribution in [0.5, 0.6) is 5.75 Å². The fraction of sp³-hybridized carbons (Fsp3) is 0.348. The molecular weight excluding hydrogens is 398 g/mol. The number of anilines is 1. The molecular formula is C23H29N3O5. The summed E-state index contributed by atoms with van der Waals surface area (Å²) < 4.78 is 10.5. The molecule has 0 unspecified atom stereocenters. The first-order valence-corrected chi connectivity index (χ1v) is 10.0. The fourth-order valence-electron chi connectivity index (χ4n) is 2.58. The van der Waals surface area contributed by atoms with Crippen LogP contribution in [-0.2, 0) is 16.1 Å². The molecule has 31 heavy (non-hydrogen) atoms. The van der Waals surface area contributed by atoms with Gasteiger partial charge in [0.05, 0.1) is 6.61 Å². The number of hydrogen-bond acceptors (Lipinski definition) is 5. The highest BCUT2D eigenvalue weighted by Crippen LogP contribution is 2.13. The molecule has 8 nitrogen and oxygen atoms in total. The van der Waals surface area contributed by atoms with Crippen molar-refractivity contribution in [3.63, 3.8) is 0 Å². The van der Waals surface area contributed by atoms with Crippen LogP contribution in [0.1, 0.15) is 43.6 Å². The molecule has 0 saturated carbocycles. The summed E-state index contributed by atoms with van der Waals surface area (Å²) in [6, 6.07) is 14.0. The summed E-state index contributed by atoms with van der Waals surface area (Å²) in [4.78, 5) is 36.0. The van der Waals surface area contributed by atoms with E-state index in [1.165, 1.54) is 0 Å². The van der Waals surface area contributed by atoms with Crippen LogP contribution in [-0.4, -0.2) is 36.7 Å². The van der Waals surface area contributed by atoms with E-state index in [4.69, 9.17) is 9.47 Å². The van der Waals surface area contributed by atoms with Crippen molar-refractivity contribution >= 4 is 23.6 Å². The van der Waals surface area contributed by atoms with E-state index in [1.54, 1.807) is 63.2 Å². The zero-order valence-electron chi connectivity index (χ0n) is 18.3. The van der Waals surface area contributed by atoms with Gasteiger partial charge in [0.25, 0.3) is 5.91 Å². The number of benzene rings is 2. The quantitative estimate of drug-likeness (QED) is 0.598. The summed E-state index contributed by atoms with van der Waals surface area (Å²) in [5.41, 5.74) is 1.27. The summed E-state index contributed by atoms with van der Waals surface area (Å²) in [6.07, 6.45) is -0.659. The number of carbonyl (C=O) groups excluding carboxylic acids is 3. The highest BCUT2D eigenvalue weighted by atomic mass is 16.6. The molecule has 8 heteroatoms. The normalized spacial score (nSPS) is 10.7. The van der Waals surface area contributed by atoms with Crippen LogP contribution in [0.3, 0.4) is 0 Å². The van der Waals surface area contributed by atoms with Crippen molar-refractivity contribution in [1.29, 1.82) is 0 Å². The molecule has 2 aromatic carbocycles. The Morgan fingerprint density at radius 2 is 1.68 bits per heavy atom. The maximum atomic E-state index is 12.3. The van der Waals surface area contributed by atoms with E-state index in [1.807, 2.05) is 13.0 Å². The lowest BCUT2D eigenvalue weighted by Gasteiger charge is -2.19. The van der Waals surface area contributed by atoms with Crippen LogP contribution in [0.25, 0.3) is 0 Å². The molecule has 0 aliphatic rings. The van der Waals surface area contributed by atoms with E-state index in [0.29, 0.717) is 30.2 Å². The Labute approximate surface area is 182 Å². The first-order chi connectivity index (χ1) is 14.7. The molecule has 0 fully saturated rings. The number of rotatable bonds is 8. The molecule has 3 N–H and O–H groups in total. The smallest absolute Gasteiger partial charge is 0.408 e. The van der Waals surface area contributed by atoms with Crippen LogP contribution in [0.4, 0.5) is 10.5 Å². The lowest BCUT2D eigenvalue weighted by atomic mass is 10.1. The summed E-state index contributed by atoms with van der Waals surface area (Å²) in [5.74, 6) is 0.115. The number of ether oxygens (including phenoxy) is 2. The van der Waals surface area contributed by atoms with Gasteiger partial charge in [0.2, 0.25) is 5.91 Å². The maximum Gasteiger partial charge on any atom is 0.408 e. The van der Waals surface area contributed by atoms with E-state index in [9.17, 15) is 14.4 Å². The Kier molecular flexibility index (Phi) is 8.43. The SMILES string of the molecule is CCOc1ccc(C(=O)NCc2cccc(NC(=O)CNC(=O)OC(C)(C)C)c2)cc1. The zero-order chi connectivity index (χ0) is 22.9.